The van der Waals surface area contributed by atoms with Crippen molar-refractivity contribution >= 4 is 39.8 Å². The van der Waals surface area contributed by atoms with Crippen LogP contribution in [0, 0.1) is 0 Å². The molecular formula is C19H16ClN3O3S. The van der Waals surface area contributed by atoms with E-state index in [0.717, 1.165) is 30.6 Å². The van der Waals surface area contributed by atoms with Gasteiger partial charge < -0.3 is 15.6 Å². The molecule has 0 unspecified atom stereocenters. The van der Waals surface area contributed by atoms with E-state index in [1.165, 1.54) is 11.3 Å². The van der Waals surface area contributed by atoms with Gasteiger partial charge in [-0.3, -0.25) is 9.59 Å². The number of hydrogen-bond donors (Lipinski definition) is 2. The SMILES string of the molecule is NC(=O)c1c(-c2ccc(Cl)cc2)csc1NC(=O)c1cc(C2CCC2)on1. The second kappa shape index (κ2) is 7.17. The summed E-state index contributed by atoms with van der Waals surface area (Å²) >= 11 is 7.15. The van der Waals surface area contributed by atoms with Crippen LogP contribution < -0.4 is 11.1 Å². The molecule has 1 saturated carbocycles. The second-order valence-corrected chi connectivity index (χ2v) is 7.74. The number of nitrogens with one attached hydrogen (secondary N) is 1. The third-order valence-electron chi connectivity index (χ3n) is 4.69. The van der Waals surface area contributed by atoms with E-state index in [1.807, 2.05) is 0 Å². The lowest BCUT2D eigenvalue weighted by molar-refractivity contribution is 0.100. The minimum atomic E-state index is -0.619. The maximum Gasteiger partial charge on any atom is 0.278 e. The van der Waals surface area contributed by atoms with Gasteiger partial charge in [-0.1, -0.05) is 35.3 Å². The first-order valence-corrected chi connectivity index (χ1v) is 9.74. The standard InChI is InChI=1S/C19H16ClN3O3S/c20-12-6-4-10(5-7-12)13-9-27-19(16(13)17(21)24)22-18(25)14-8-15(26-23-14)11-2-1-3-11/h4-9,11H,1-3H2,(H2,21,24)(H,22,25). The molecule has 1 aromatic carbocycles. The van der Waals surface area contributed by atoms with Gasteiger partial charge in [0.2, 0.25) is 0 Å². The Balaban J connectivity index is 1.60. The lowest BCUT2D eigenvalue weighted by Gasteiger charge is -2.21. The molecule has 1 aliphatic carbocycles. The van der Waals surface area contributed by atoms with Crippen molar-refractivity contribution in [2.45, 2.75) is 25.2 Å². The number of halogens is 1. The number of nitrogens with two attached hydrogens (primary N) is 1. The molecule has 0 radical (unpaired) electrons. The summed E-state index contributed by atoms with van der Waals surface area (Å²) in [5.74, 6) is 0.0242. The summed E-state index contributed by atoms with van der Waals surface area (Å²) in [4.78, 5) is 24.5. The largest absolute Gasteiger partial charge is 0.365 e. The predicted octanol–water partition coefficient (Wildman–Crippen LogP) is 4.68. The number of hydrogen-bond acceptors (Lipinski definition) is 5. The van der Waals surface area contributed by atoms with E-state index in [2.05, 4.69) is 10.5 Å². The molecule has 4 rings (SSSR count). The van der Waals surface area contributed by atoms with Crippen LogP contribution >= 0.6 is 22.9 Å². The highest BCUT2D eigenvalue weighted by atomic mass is 35.5. The fourth-order valence-electron chi connectivity index (χ4n) is 2.99. The van der Waals surface area contributed by atoms with Crippen LogP contribution in [0.2, 0.25) is 5.02 Å². The second-order valence-electron chi connectivity index (χ2n) is 6.42. The summed E-state index contributed by atoms with van der Waals surface area (Å²) in [5.41, 5.74) is 7.46. The number of anilines is 1. The van der Waals surface area contributed by atoms with Crippen molar-refractivity contribution in [2.24, 2.45) is 5.73 Å². The van der Waals surface area contributed by atoms with Crippen molar-refractivity contribution in [1.29, 1.82) is 0 Å². The molecule has 3 N–H and O–H groups in total. The molecule has 0 saturated heterocycles. The first-order chi connectivity index (χ1) is 13.0. The highest BCUT2D eigenvalue weighted by molar-refractivity contribution is 7.15. The summed E-state index contributed by atoms with van der Waals surface area (Å²) in [5, 5.41) is 9.33. The number of thiophene rings is 1. The van der Waals surface area contributed by atoms with Crippen molar-refractivity contribution in [2.75, 3.05) is 5.32 Å². The van der Waals surface area contributed by atoms with Gasteiger partial charge in [-0.2, -0.15) is 0 Å². The molecule has 2 amide bonds. The summed E-state index contributed by atoms with van der Waals surface area (Å²) in [6.07, 6.45) is 3.27. The Morgan fingerprint density at radius 2 is 2.00 bits per heavy atom. The van der Waals surface area contributed by atoms with Crippen molar-refractivity contribution in [3.63, 3.8) is 0 Å². The molecule has 0 atom stereocenters. The quantitative estimate of drug-likeness (QED) is 0.648. The molecule has 27 heavy (non-hydrogen) atoms. The molecule has 1 aliphatic rings. The van der Waals surface area contributed by atoms with Gasteiger partial charge in [-0.05, 0) is 30.5 Å². The van der Waals surface area contributed by atoms with Gasteiger partial charge in [-0.25, -0.2) is 0 Å². The first kappa shape index (κ1) is 17.8. The zero-order chi connectivity index (χ0) is 19.0. The highest BCUT2D eigenvalue weighted by Crippen LogP contribution is 2.38. The molecule has 0 bridgehead atoms. The van der Waals surface area contributed by atoms with Gasteiger partial charge in [0, 0.05) is 28.0 Å². The van der Waals surface area contributed by atoms with Crippen molar-refractivity contribution in [1.82, 2.24) is 5.16 Å². The first-order valence-electron chi connectivity index (χ1n) is 8.48. The number of nitrogens with zero attached hydrogens (tertiary/aromatic N) is 1. The van der Waals surface area contributed by atoms with Gasteiger partial charge in [0.25, 0.3) is 11.8 Å². The molecule has 1 fully saturated rings. The third kappa shape index (κ3) is 3.48. The van der Waals surface area contributed by atoms with Crippen molar-refractivity contribution in [3.05, 3.63) is 57.8 Å². The minimum absolute atomic E-state index is 0.189. The fraction of sp³-hybridized carbons (Fsp3) is 0.211. The van der Waals surface area contributed by atoms with E-state index in [0.29, 0.717) is 21.5 Å². The Hall–Kier alpha value is -2.64. The van der Waals surface area contributed by atoms with E-state index >= 15 is 0 Å². The Kier molecular flexibility index (Phi) is 4.72. The van der Waals surface area contributed by atoms with E-state index in [4.69, 9.17) is 21.9 Å². The summed E-state index contributed by atoms with van der Waals surface area (Å²) < 4.78 is 5.28. The Labute approximate surface area is 164 Å². The van der Waals surface area contributed by atoms with E-state index in [1.54, 1.807) is 35.7 Å². The number of aromatic nitrogens is 1. The molecule has 2 heterocycles. The zero-order valence-corrected chi connectivity index (χ0v) is 15.8. The molecule has 138 valence electrons. The minimum Gasteiger partial charge on any atom is -0.365 e. The van der Waals surface area contributed by atoms with Crippen LogP contribution in [0.3, 0.4) is 0 Å². The fourth-order valence-corrected chi connectivity index (χ4v) is 4.08. The molecule has 0 spiro atoms. The van der Waals surface area contributed by atoms with Gasteiger partial charge in [0.05, 0.1) is 5.56 Å². The number of carbonyl (C=O) groups excluding carboxylic acids is 2. The molecule has 0 aliphatic heterocycles. The average molecular weight is 402 g/mol. The molecule has 8 heteroatoms. The smallest absolute Gasteiger partial charge is 0.278 e. The molecule has 3 aromatic rings. The Bertz CT molecular complexity index is 1010. The maximum atomic E-state index is 12.5. The highest BCUT2D eigenvalue weighted by Gasteiger charge is 2.26. The zero-order valence-electron chi connectivity index (χ0n) is 14.2. The van der Waals surface area contributed by atoms with Crippen LogP contribution in [0.4, 0.5) is 5.00 Å². The molecule has 2 aromatic heterocycles. The number of amides is 2. The number of primary amides is 1. The Morgan fingerprint density at radius 3 is 2.63 bits per heavy atom. The van der Waals surface area contributed by atoms with E-state index < -0.39 is 11.8 Å². The number of rotatable bonds is 5. The van der Waals surface area contributed by atoms with Crippen LogP contribution in [0.5, 0.6) is 0 Å². The monoisotopic (exact) mass is 401 g/mol. The van der Waals surface area contributed by atoms with Gasteiger partial charge in [0.15, 0.2) is 5.69 Å². The van der Waals surface area contributed by atoms with Gasteiger partial charge >= 0.3 is 0 Å². The van der Waals surface area contributed by atoms with Crippen LogP contribution in [0.15, 0.2) is 40.2 Å². The average Bonchev–Trinajstić information content (AvgIpc) is 3.21. The van der Waals surface area contributed by atoms with Gasteiger partial charge in [-0.15, -0.1) is 11.3 Å². The summed E-state index contributed by atoms with van der Waals surface area (Å²) in [6, 6.07) is 8.72. The Morgan fingerprint density at radius 1 is 1.26 bits per heavy atom. The lowest BCUT2D eigenvalue weighted by atomic mass is 9.83. The van der Waals surface area contributed by atoms with Crippen LogP contribution in [0.25, 0.3) is 11.1 Å². The van der Waals surface area contributed by atoms with E-state index in [-0.39, 0.29) is 11.3 Å². The van der Waals surface area contributed by atoms with Crippen LogP contribution in [-0.4, -0.2) is 17.0 Å². The van der Waals surface area contributed by atoms with Crippen LogP contribution in [-0.2, 0) is 0 Å². The normalized spacial score (nSPS) is 14.0. The molecule has 6 nitrogen and oxygen atoms in total. The number of carbonyl (C=O) groups is 2. The summed E-state index contributed by atoms with van der Waals surface area (Å²) in [7, 11) is 0. The topological polar surface area (TPSA) is 98.2 Å². The number of benzene rings is 1. The maximum absolute atomic E-state index is 12.5. The lowest BCUT2D eigenvalue weighted by Crippen LogP contribution is -2.17. The molecular weight excluding hydrogens is 386 g/mol. The third-order valence-corrected chi connectivity index (χ3v) is 5.84. The van der Waals surface area contributed by atoms with Gasteiger partial charge in [0.1, 0.15) is 10.8 Å². The predicted molar refractivity (Wildman–Crippen MR) is 104 cm³/mol. The van der Waals surface area contributed by atoms with Crippen molar-refractivity contribution in [3.8, 4) is 11.1 Å². The van der Waals surface area contributed by atoms with Crippen LogP contribution in [0.1, 0.15) is 51.8 Å². The summed E-state index contributed by atoms with van der Waals surface area (Å²) in [6.45, 7) is 0. The van der Waals surface area contributed by atoms with Crippen molar-refractivity contribution < 1.29 is 14.1 Å². The van der Waals surface area contributed by atoms with E-state index in [9.17, 15) is 9.59 Å².